The van der Waals surface area contributed by atoms with Crippen LogP contribution in [0.3, 0.4) is 0 Å². The van der Waals surface area contributed by atoms with E-state index in [4.69, 9.17) is 4.74 Å². The molecule has 0 atom stereocenters. The molecule has 3 nitrogen and oxygen atoms in total. The van der Waals surface area contributed by atoms with Gasteiger partial charge in [0.15, 0.2) is 0 Å². The van der Waals surface area contributed by atoms with Gasteiger partial charge in [-0.3, -0.25) is 4.79 Å². The summed E-state index contributed by atoms with van der Waals surface area (Å²) in [4.78, 5) is 11.2. The number of anilines is 1. The summed E-state index contributed by atoms with van der Waals surface area (Å²) in [6.45, 7) is 6.00. The monoisotopic (exact) mass is 269 g/mol. The van der Waals surface area contributed by atoms with Crippen molar-refractivity contribution >= 4 is 11.6 Å². The number of benzene rings is 2. The van der Waals surface area contributed by atoms with E-state index < -0.39 is 0 Å². The molecule has 0 aromatic heterocycles. The lowest BCUT2D eigenvalue weighted by Crippen LogP contribution is -2.09. The number of rotatable bonds is 4. The molecule has 0 fully saturated rings. The molecule has 1 amide bonds. The van der Waals surface area contributed by atoms with E-state index >= 15 is 0 Å². The fraction of sp³-hybridized carbons (Fsp3) is 0.235. The minimum Gasteiger partial charge on any atom is -0.489 e. The lowest BCUT2D eigenvalue weighted by Gasteiger charge is -2.13. The summed E-state index contributed by atoms with van der Waals surface area (Å²) in [5, 5.41) is 2.82. The second-order valence-electron chi connectivity index (χ2n) is 4.90. The Bertz CT molecular complexity index is 620. The minimum absolute atomic E-state index is 0.0795. The van der Waals surface area contributed by atoms with Gasteiger partial charge in [0.2, 0.25) is 5.91 Å². The van der Waals surface area contributed by atoms with Gasteiger partial charge in [-0.05, 0) is 37.1 Å². The molecule has 0 unspecified atom stereocenters. The minimum atomic E-state index is -0.0795. The van der Waals surface area contributed by atoms with Crippen LogP contribution in [0.2, 0.25) is 0 Å². The molecule has 20 heavy (non-hydrogen) atoms. The normalized spacial score (nSPS) is 10.2. The Morgan fingerprint density at radius 2 is 1.90 bits per heavy atom. The Morgan fingerprint density at radius 1 is 1.15 bits per heavy atom. The maximum absolute atomic E-state index is 11.2. The molecule has 2 aromatic rings. The highest BCUT2D eigenvalue weighted by atomic mass is 16.5. The molecule has 0 spiro atoms. The zero-order valence-electron chi connectivity index (χ0n) is 12.1. The average molecular weight is 269 g/mol. The maximum Gasteiger partial charge on any atom is 0.221 e. The second kappa shape index (κ2) is 6.24. The first kappa shape index (κ1) is 14.1. The summed E-state index contributed by atoms with van der Waals surface area (Å²) in [5.41, 5.74) is 4.03. The van der Waals surface area contributed by atoms with Gasteiger partial charge in [-0.1, -0.05) is 30.3 Å². The molecule has 104 valence electrons. The first-order chi connectivity index (χ1) is 9.56. The Kier molecular flexibility index (Phi) is 4.41. The molecule has 2 rings (SSSR count). The van der Waals surface area contributed by atoms with Gasteiger partial charge >= 0.3 is 0 Å². The summed E-state index contributed by atoms with van der Waals surface area (Å²) in [5.74, 6) is 0.798. The number of carbonyl (C=O) groups excluding carboxylic acids is 1. The zero-order chi connectivity index (χ0) is 14.5. The third kappa shape index (κ3) is 3.60. The molecule has 1 N–H and O–H groups in total. The summed E-state index contributed by atoms with van der Waals surface area (Å²) < 4.78 is 5.87. The highest BCUT2D eigenvalue weighted by molar-refractivity contribution is 5.89. The van der Waals surface area contributed by atoms with E-state index in [1.165, 1.54) is 12.5 Å². The van der Waals surface area contributed by atoms with Crippen molar-refractivity contribution in [2.45, 2.75) is 27.4 Å². The average Bonchev–Trinajstić information content (AvgIpc) is 2.41. The van der Waals surface area contributed by atoms with E-state index in [0.29, 0.717) is 6.61 Å². The molecule has 0 aliphatic rings. The van der Waals surface area contributed by atoms with E-state index in [1.807, 2.05) is 50.2 Å². The molecule has 3 heteroatoms. The number of hydrogen-bond donors (Lipinski definition) is 1. The Labute approximate surface area is 119 Å². The quantitative estimate of drug-likeness (QED) is 0.915. The summed E-state index contributed by atoms with van der Waals surface area (Å²) in [7, 11) is 0. The Morgan fingerprint density at radius 3 is 2.65 bits per heavy atom. The van der Waals surface area contributed by atoms with Crippen molar-refractivity contribution < 1.29 is 9.53 Å². The lowest BCUT2D eigenvalue weighted by molar-refractivity contribution is -0.114. The molecule has 0 aliphatic heterocycles. The van der Waals surface area contributed by atoms with Crippen LogP contribution in [0.1, 0.15) is 23.6 Å². The van der Waals surface area contributed by atoms with Crippen molar-refractivity contribution in [2.75, 3.05) is 5.32 Å². The van der Waals surface area contributed by atoms with Crippen LogP contribution >= 0.6 is 0 Å². The number of nitrogens with one attached hydrogen (secondary N) is 1. The van der Waals surface area contributed by atoms with Crippen LogP contribution in [-0.2, 0) is 11.4 Å². The SMILES string of the molecule is CC(=O)Nc1ccccc1COc1cc(C)ccc1C. The standard InChI is InChI=1S/C17H19NO2/c1-12-8-9-13(2)17(10-12)20-11-15-6-4-5-7-16(15)18-14(3)19/h4-10H,11H2,1-3H3,(H,18,19). The van der Waals surface area contributed by atoms with E-state index in [-0.39, 0.29) is 5.91 Å². The van der Waals surface area contributed by atoms with Gasteiger partial charge in [0, 0.05) is 18.2 Å². The fourth-order valence-corrected chi connectivity index (χ4v) is 1.98. The van der Waals surface area contributed by atoms with Gasteiger partial charge in [-0.15, -0.1) is 0 Å². The predicted octanol–water partition coefficient (Wildman–Crippen LogP) is 3.84. The van der Waals surface area contributed by atoms with Gasteiger partial charge in [0.1, 0.15) is 12.4 Å². The maximum atomic E-state index is 11.2. The lowest BCUT2D eigenvalue weighted by atomic mass is 10.1. The van der Waals surface area contributed by atoms with Crippen molar-refractivity contribution in [1.82, 2.24) is 0 Å². The van der Waals surface area contributed by atoms with Gasteiger partial charge in [0.25, 0.3) is 0 Å². The molecule has 0 aliphatic carbocycles. The molecule has 0 bridgehead atoms. The van der Waals surface area contributed by atoms with Crippen molar-refractivity contribution in [3.05, 3.63) is 59.2 Å². The molecular formula is C17H19NO2. The first-order valence-corrected chi connectivity index (χ1v) is 6.62. The number of amides is 1. The highest BCUT2D eigenvalue weighted by Gasteiger charge is 2.05. The van der Waals surface area contributed by atoms with Crippen molar-refractivity contribution in [1.29, 1.82) is 0 Å². The number of para-hydroxylation sites is 1. The number of carbonyl (C=O) groups is 1. The summed E-state index contributed by atoms with van der Waals surface area (Å²) in [6.07, 6.45) is 0. The van der Waals surface area contributed by atoms with Gasteiger partial charge < -0.3 is 10.1 Å². The van der Waals surface area contributed by atoms with E-state index in [1.54, 1.807) is 0 Å². The van der Waals surface area contributed by atoms with Crippen molar-refractivity contribution in [2.24, 2.45) is 0 Å². The van der Waals surface area contributed by atoms with E-state index in [9.17, 15) is 4.79 Å². The number of ether oxygens (including phenoxy) is 1. The third-order valence-electron chi connectivity index (χ3n) is 3.05. The van der Waals surface area contributed by atoms with Crippen LogP contribution in [0.15, 0.2) is 42.5 Å². The smallest absolute Gasteiger partial charge is 0.221 e. The van der Waals surface area contributed by atoms with Crippen LogP contribution in [0.5, 0.6) is 5.75 Å². The molecular weight excluding hydrogens is 250 g/mol. The highest BCUT2D eigenvalue weighted by Crippen LogP contribution is 2.22. The molecule has 0 radical (unpaired) electrons. The van der Waals surface area contributed by atoms with Gasteiger partial charge in [-0.2, -0.15) is 0 Å². The molecule has 0 saturated carbocycles. The molecule has 0 heterocycles. The fourth-order valence-electron chi connectivity index (χ4n) is 1.98. The molecule has 0 saturated heterocycles. The van der Waals surface area contributed by atoms with Crippen LogP contribution in [0.4, 0.5) is 5.69 Å². The summed E-state index contributed by atoms with van der Waals surface area (Å²) >= 11 is 0. The Balaban J connectivity index is 2.14. The number of hydrogen-bond acceptors (Lipinski definition) is 2. The topological polar surface area (TPSA) is 38.3 Å². The van der Waals surface area contributed by atoms with E-state index in [0.717, 1.165) is 22.6 Å². The predicted molar refractivity (Wildman–Crippen MR) is 81.0 cm³/mol. The zero-order valence-corrected chi connectivity index (χ0v) is 12.1. The van der Waals surface area contributed by atoms with Crippen molar-refractivity contribution in [3.63, 3.8) is 0 Å². The van der Waals surface area contributed by atoms with Crippen LogP contribution in [0.25, 0.3) is 0 Å². The van der Waals surface area contributed by atoms with Crippen molar-refractivity contribution in [3.8, 4) is 5.75 Å². The Hall–Kier alpha value is -2.29. The van der Waals surface area contributed by atoms with Gasteiger partial charge in [0.05, 0.1) is 0 Å². The van der Waals surface area contributed by atoms with E-state index in [2.05, 4.69) is 11.4 Å². The van der Waals surface area contributed by atoms with Gasteiger partial charge in [-0.25, -0.2) is 0 Å². The van der Waals surface area contributed by atoms with Crippen LogP contribution < -0.4 is 10.1 Å². The van der Waals surface area contributed by atoms with Crippen LogP contribution in [-0.4, -0.2) is 5.91 Å². The first-order valence-electron chi connectivity index (χ1n) is 6.62. The second-order valence-corrected chi connectivity index (χ2v) is 4.90. The summed E-state index contributed by atoms with van der Waals surface area (Å²) in [6, 6.07) is 13.8. The van der Waals surface area contributed by atoms with Crippen LogP contribution in [0, 0.1) is 13.8 Å². The third-order valence-corrected chi connectivity index (χ3v) is 3.05. The number of aryl methyl sites for hydroxylation is 2. The molecule has 2 aromatic carbocycles. The largest absolute Gasteiger partial charge is 0.489 e.